The lowest BCUT2D eigenvalue weighted by Crippen LogP contribution is -2.27. The Hall–Kier alpha value is -1.14. The molecule has 0 spiro atoms. The van der Waals surface area contributed by atoms with Crippen LogP contribution in [0.2, 0.25) is 0 Å². The molecule has 6 nitrogen and oxygen atoms in total. The van der Waals surface area contributed by atoms with Gasteiger partial charge in [-0.15, -0.1) is 0 Å². The first-order valence-corrected chi connectivity index (χ1v) is 23.6. The van der Waals surface area contributed by atoms with E-state index in [9.17, 15) is 14.7 Å². The summed E-state index contributed by atoms with van der Waals surface area (Å²) in [4.78, 5) is 27.3. The molecule has 53 heavy (non-hydrogen) atoms. The van der Waals surface area contributed by atoms with Crippen LogP contribution in [0.15, 0.2) is 0 Å². The molecule has 1 N–H and O–H groups in total. The van der Waals surface area contributed by atoms with E-state index < -0.39 is 0 Å². The number of carbonyl (C=O) groups is 2. The molecule has 0 aromatic rings. The van der Waals surface area contributed by atoms with Crippen molar-refractivity contribution in [1.29, 1.82) is 0 Å². The highest BCUT2D eigenvalue weighted by Crippen LogP contribution is 2.24. The second kappa shape index (κ2) is 42.0. The maximum atomic E-state index is 12.3. The normalized spacial score (nSPS) is 12.7. The summed E-state index contributed by atoms with van der Waals surface area (Å²) in [5.74, 6) is 1.55. The predicted molar refractivity (Wildman–Crippen MR) is 227 cm³/mol. The van der Waals surface area contributed by atoms with Crippen molar-refractivity contribution >= 4 is 11.9 Å². The number of hydrogen-bond acceptors (Lipinski definition) is 6. The summed E-state index contributed by atoms with van der Waals surface area (Å²) in [7, 11) is 0. The SMILES string of the molecule is CCCCCCC(CCCC)CCCC(=O)OCCCCCCN(CCCCCO)CCCCCCOC(=O)CCCC(CCCC)CCCCCC. The van der Waals surface area contributed by atoms with Gasteiger partial charge < -0.3 is 19.5 Å². The smallest absolute Gasteiger partial charge is 0.305 e. The van der Waals surface area contributed by atoms with E-state index in [0.29, 0.717) is 26.1 Å². The van der Waals surface area contributed by atoms with Crippen molar-refractivity contribution in [1.82, 2.24) is 4.90 Å². The van der Waals surface area contributed by atoms with Gasteiger partial charge in [-0.1, -0.05) is 156 Å². The first kappa shape index (κ1) is 51.9. The molecular weight excluding hydrogens is 659 g/mol. The van der Waals surface area contributed by atoms with Crippen molar-refractivity contribution in [2.75, 3.05) is 39.5 Å². The topological polar surface area (TPSA) is 76.1 Å². The summed E-state index contributed by atoms with van der Waals surface area (Å²) in [6.07, 6.45) is 38.5. The van der Waals surface area contributed by atoms with Crippen molar-refractivity contribution in [3.63, 3.8) is 0 Å². The number of nitrogens with zero attached hydrogens (tertiary/aromatic N) is 1. The highest BCUT2D eigenvalue weighted by Gasteiger charge is 2.12. The summed E-state index contributed by atoms with van der Waals surface area (Å²) < 4.78 is 11.2. The first-order valence-electron chi connectivity index (χ1n) is 23.6. The van der Waals surface area contributed by atoms with Gasteiger partial charge in [-0.05, 0) is 102 Å². The maximum absolute atomic E-state index is 12.3. The number of hydrogen-bond donors (Lipinski definition) is 1. The lowest BCUT2D eigenvalue weighted by molar-refractivity contribution is -0.144. The highest BCUT2D eigenvalue weighted by molar-refractivity contribution is 5.69. The molecule has 0 aromatic carbocycles. The second-order valence-electron chi connectivity index (χ2n) is 16.4. The van der Waals surface area contributed by atoms with E-state index in [2.05, 4.69) is 32.6 Å². The minimum atomic E-state index is -0.00731. The van der Waals surface area contributed by atoms with Crippen molar-refractivity contribution < 1.29 is 24.2 Å². The minimum Gasteiger partial charge on any atom is -0.466 e. The van der Waals surface area contributed by atoms with Crippen molar-refractivity contribution in [2.45, 2.75) is 240 Å². The Labute approximate surface area is 331 Å². The zero-order valence-corrected chi connectivity index (χ0v) is 36.3. The molecular formula is C47H93NO5. The van der Waals surface area contributed by atoms with Gasteiger partial charge in [-0.25, -0.2) is 0 Å². The van der Waals surface area contributed by atoms with Gasteiger partial charge in [0.25, 0.3) is 0 Å². The molecule has 2 atom stereocenters. The molecule has 0 amide bonds. The lowest BCUT2D eigenvalue weighted by atomic mass is 9.90. The van der Waals surface area contributed by atoms with Crippen LogP contribution in [0.3, 0.4) is 0 Å². The molecule has 6 heteroatoms. The third-order valence-corrected chi connectivity index (χ3v) is 11.2. The largest absolute Gasteiger partial charge is 0.466 e. The zero-order valence-electron chi connectivity index (χ0n) is 36.3. The van der Waals surface area contributed by atoms with E-state index in [1.807, 2.05) is 0 Å². The van der Waals surface area contributed by atoms with Gasteiger partial charge >= 0.3 is 11.9 Å². The fraction of sp³-hybridized carbons (Fsp3) is 0.957. The number of rotatable bonds is 43. The van der Waals surface area contributed by atoms with Crippen molar-refractivity contribution in [3.8, 4) is 0 Å². The second-order valence-corrected chi connectivity index (χ2v) is 16.4. The summed E-state index contributed by atoms with van der Waals surface area (Å²) in [5.41, 5.74) is 0. The number of aliphatic hydroxyl groups excluding tert-OH is 1. The van der Waals surface area contributed by atoms with E-state index in [-0.39, 0.29) is 18.5 Å². The summed E-state index contributed by atoms with van der Waals surface area (Å²) in [6.45, 7) is 13.8. The van der Waals surface area contributed by atoms with Crippen LogP contribution >= 0.6 is 0 Å². The van der Waals surface area contributed by atoms with Crippen LogP contribution in [-0.2, 0) is 19.1 Å². The van der Waals surface area contributed by atoms with Crippen molar-refractivity contribution in [2.24, 2.45) is 11.8 Å². The molecule has 0 heterocycles. The van der Waals surface area contributed by atoms with Gasteiger partial charge in [0.1, 0.15) is 0 Å². The first-order chi connectivity index (χ1) is 26.0. The van der Waals surface area contributed by atoms with Gasteiger partial charge in [0.05, 0.1) is 13.2 Å². The van der Waals surface area contributed by atoms with Gasteiger partial charge in [-0.2, -0.15) is 0 Å². The Balaban J connectivity index is 4.10. The molecule has 0 aliphatic carbocycles. The average Bonchev–Trinajstić information content (AvgIpc) is 3.16. The number of esters is 2. The monoisotopic (exact) mass is 752 g/mol. The van der Waals surface area contributed by atoms with E-state index in [1.54, 1.807) is 0 Å². The quantitative estimate of drug-likeness (QED) is 0.0494. The molecule has 0 saturated heterocycles. The van der Waals surface area contributed by atoms with Crippen molar-refractivity contribution in [3.05, 3.63) is 0 Å². The molecule has 0 saturated carbocycles. The predicted octanol–water partition coefficient (Wildman–Crippen LogP) is 13.6. The maximum Gasteiger partial charge on any atom is 0.305 e. The Morgan fingerprint density at radius 1 is 0.415 bits per heavy atom. The summed E-state index contributed by atoms with van der Waals surface area (Å²) in [6, 6.07) is 0. The number of carbonyl (C=O) groups excluding carboxylic acids is 2. The van der Waals surface area contributed by atoms with E-state index in [1.165, 1.54) is 141 Å². The fourth-order valence-electron chi connectivity index (χ4n) is 7.70. The molecule has 0 bridgehead atoms. The van der Waals surface area contributed by atoms with Crippen LogP contribution in [0.5, 0.6) is 0 Å². The minimum absolute atomic E-state index is 0.00731. The Kier molecular flexibility index (Phi) is 41.1. The summed E-state index contributed by atoms with van der Waals surface area (Å²) in [5, 5.41) is 9.18. The third-order valence-electron chi connectivity index (χ3n) is 11.2. The van der Waals surface area contributed by atoms with Gasteiger partial charge in [0, 0.05) is 19.4 Å². The standard InChI is InChI=1S/C47H93NO5/c1-5-9-13-20-32-44(30-11-7-3)34-28-36-46(50)52-42-26-17-15-22-38-48(40-24-19-25-41-49)39-23-16-18-27-43-53-47(51)37-29-35-45(31-12-8-4)33-21-14-10-6-2/h44-45,49H,5-43H2,1-4H3. The van der Waals surface area contributed by atoms with Crippen LogP contribution in [0, 0.1) is 11.8 Å². The molecule has 0 aromatic heterocycles. The van der Waals surface area contributed by atoms with Crippen LogP contribution in [0.25, 0.3) is 0 Å². The average molecular weight is 752 g/mol. The molecule has 0 radical (unpaired) electrons. The molecule has 0 aliphatic rings. The van der Waals surface area contributed by atoms with Crippen LogP contribution < -0.4 is 0 Å². The lowest BCUT2D eigenvalue weighted by Gasteiger charge is -2.22. The van der Waals surface area contributed by atoms with Gasteiger partial charge in [0.2, 0.25) is 0 Å². The highest BCUT2D eigenvalue weighted by atomic mass is 16.5. The van der Waals surface area contributed by atoms with Gasteiger partial charge in [-0.3, -0.25) is 9.59 Å². The number of unbranched alkanes of at least 4 members (excludes halogenated alkanes) is 16. The van der Waals surface area contributed by atoms with Crippen LogP contribution in [0.1, 0.15) is 240 Å². The van der Waals surface area contributed by atoms with Crippen LogP contribution in [0.4, 0.5) is 0 Å². The van der Waals surface area contributed by atoms with Crippen LogP contribution in [-0.4, -0.2) is 61.4 Å². The molecule has 2 unspecified atom stereocenters. The van der Waals surface area contributed by atoms with E-state index in [4.69, 9.17) is 9.47 Å². The Morgan fingerprint density at radius 3 is 1.15 bits per heavy atom. The molecule has 0 rings (SSSR count). The zero-order chi connectivity index (χ0) is 38.9. The third kappa shape index (κ3) is 37.6. The number of aliphatic hydroxyl groups is 1. The fourth-order valence-corrected chi connectivity index (χ4v) is 7.70. The molecule has 0 fully saturated rings. The van der Waals surface area contributed by atoms with Gasteiger partial charge in [0.15, 0.2) is 0 Å². The summed E-state index contributed by atoms with van der Waals surface area (Å²) >= 11 is 0. The van der Waals surface area contributed by atoms with E-state index >= 15 is 0 Å². The number of ether oxygens (including phenoxy) is 2. The van der Waals surface area contributed by atoms with E-state index in [0.717, 1.165) is 89.3 Å². The Bertz CT molecular complexity index is 705. The Morgan fingerprint density at radius 2 is 0.755 bits per heavy atom. The molecule has 0 aliphatic heterocycles. The molecule has 316 valence electrons.